The summed E-state index contributed by atoms with van der Waals surface area (Å²) in [5.74, 6) is 0.164. The molecule has 0 amide bonds. The van der Waals surface area contributed by atoms with Crippen molar-refractivity contribution in [2.24, 2.45) is 5.10 Å². The minimum absolute atomic E-state index is 0.164. The SMILES string of the molecule is Oc1c(Br)cc(Br)cc1C=NNc1ccccc1. The second-order valence-electron chi connectivity index (χ2n) is 3.56. The summed E-state index contributed by atoms with van der Waals surface area (Å²) in [6, 6.07) is 13.2. The van der Waals surface area contributed by atoms with Crippen LogP contribution in [0.25, 0.3) is 0 Å². The van der Waals surface area contributed by atoms with Crippen LogP contribution in [0.15, 0.2) is 56.5 Å². The molecule has 92 valence electrons. The van der Waals surface area contributed by atoms with E-state index in [4.69, 9.17) is 0 Å². The first-order chi connectivity index (χ1) is 8.66. The minimum Gasteiger partial charge on any atom is -0.506 e. The van der Waals surface area contributed by atoms with Crippen molar-refractivity contribution in [3.05, 3.63) is 57.0 Å². The third-order valence-electron chi connectivity index (χ3n) is 2.23. The average molecular weight is 370 g/mol. The van der Waals surface area contributed by atoms with E-state index in [2.05, 4.69) is 42.4 Å². The molecule has 18 heavy (non-hydrogen) atoms. The van der Waals surface area contributed by atoms with Crippen molar-refractivity contribution in [3.63, 3.8) is 0 Å². The summed E-state index contributed by atoms with van der Waals surface area (Å²) < 4.78 is 1.49. The van der Waals surface area contributed by atoms with Crippen molar-refractivity contribution in [2.75, 3.05) is 5.43 Å². The molecule has 0 atom stereocenters. The highest BCUT2D eigenvalue weighted by molar-refractivity contribution is 9.11. The fourth-order valence-corrected chi connectivity index (χ4v) is 2.63. The maximum Gasteiger partial charge on any atom is 0.138 e. The van der Waals surface area contributed by atoms with Crippen LogP contribution in [0.2, 0.25) is 0 Å². The molecule has 0 aliphatic carbocycles. The summed E-state index contributed by atoms with van der Waals surface area (Å²) >= 11 is 6.63. The Hall–Kier alpha value is -1.33. The molecular formula is C13H10Br2N2O. The monoisotopic (exact) mass is 368 g/mol. The second-order valence-corrected chi connectivity index (χ2v) is 5.33. The molecule has 5 heteroatoms. The van der Waals surface area contributed by atoms with Gasteiger partial charge in [0.1, 0.15) is 5.75 Å². The Morgan fingerprint density at radius 2 is 1.83 bits per heavy atom. The van der Waals surface area contributed by atoms with Crippen LogP contribution in [0.1, 0.15) is 5.56 Å². The quantitative estimate of drug-likeness (QED) is 0.623. The van der Waals surface area contributed by atoms with Crippen LogP contribution in [0.4, 0.5) is 5.69 Å². The van der Waals surface area contributed by atoms with E-state index in [0.717, 1.165) is 10.2 Å². The van der Waals surface area contributed by atoms with Crippen LogP contribution in [0, 0.1) is 0 Å². The number of hydrazone groups is 1. The van der Waals surface area contributed by atoms with Gasteiger partial charge in [-0.1, -0.05) is 34.1 Å². The first-order valence-electron chi connectivity index (χ1n) is 5.19. The minimum atomic E-state index is 0.164. The van der Waals surface area contributed by atoms with Crippen LogP contribution in [-0.2, 0) is 0 Å². The Morgan fingerprint density at radius 1 is 1.11 bits per heavy atom. The second kappa shape index (κ2) is 6.02. The standard InChI is InChI=1S/C13H10Br2N2O/c14-10-6-9(13(18)12(15)7-10)8-16-17-11-4-2-1-3-5-11/h1-8,17-18H. The van der Waals surface area contributed by atoms with Crippen LogP contribution in [-0.4, -0.2) is 11.3 Å². The van der Waals surface area contributed by atoms with Gasteiger partial charge in [-0.05, 0) is 40.2 Å². The van der Waals surface area contributed by atoms with Gasteiger partial charge < -0.3 is 5.11 Å². The highest BCUT2D eigenvalue weighted by Crippen LogP contribution is 2.30. The zero-order valence-electron chi connectivity index (χ0n) is 9.27. The highest BCUT2D eigenvalue weighted by atomic mass is 79.9. The van der Waals surface area contributed by atoms with Gasteiger partial charge in [0.05, 0.1) is 16.4 Å². The predicted octanol–water partition coefficient (Wildman–Crippen LogP) is 4.36. The van der Waals surface area contributed by atoms with Gasteiger partial charge in [0.25, 0.3) is 0 Å². The molecular weight excluding hydrogens is 360 g/mol. The Balaban J connectivity index is 2.15. The van der Waals surface area contributed by atoms with Gasteiger partial charge in [0.15, 0.2) is 0 Å². The lowest BCUT2D eigenvalue weighted by Gasteiger charge is -2.03. The van der Waals surface area contributed by atoms with Crippen LogP contribution >= 0.6 is 31.9 Å². The maximum atomic E-state index is 9.83. The smallest absolute Gasteiger partial charge is 0.138 e. The molecule has 0 unspecified atom stereocenters. The molecule has 3 nitrogen and oxygen atoms in total. The van der Waals surface area contributed by atoms with E-state index < -0.39 is 0 Å². The van der Waals surface area contributed by atoms with Gasteiger partial charge in [-0.2, -0.15) is 5.10 Å². The summed E-state index contributed by atoms with van der Waals surface area (Å²) in [5, 5.41) is 13.9. The van der Waals surface area contributed by atoms with Crippen molar-refractivity contribution in [1.82, 2.24) is 0 Å². The van der Waals surface area contributed by atoms with Gasteiger partial charge in [-0.15, -0.1) is 0 Å². The molecule has 2 aromatic carbocycles. The van der Waals surface area contributed by atoms with E-state index >= 15 is 0 Å². The Bertz CT molecular complexity index is 571. The van der Waals surface area contributed by atoms with Crippen molar-refractivity contribution >= 4 is 43.8 Å². The van der Waals surface area contributed by atoms with E-state index in [9.17, 15) is 5.11 Å². The van der Waals surface area contributed by atoms with Crippen molar-refractivity contribution in [3.8, 4) is 5.75 Å². The third kappa shape index (κ3) is 3.34. The number of hydrogen-bond donors (Lipinski definition) is 2. The largest absolute Gasteiger partial charge is 0.506 e. The zero-order valence-corrected chi connectivity index (χ0v) is 12.4. The number of nitrogens with zero attached hydrogens (tertiary/aromatic N) is 1. The molecule has 2 aromatic rings. The molecule has 0 aromatic heterocycles. The van der Waals surface area contributed by atoms with Gasteiger partial charge in [-0.3, -0.25) is 5.43 Å². The molecule has 0 fully saturated rings. The lowest BCUT2D eigenvalue weighted by atomic mass is 10.2. The number of para-hydroxylation sites is 1. The van der Waals surface area contributed by atoms with Gasteiger partial charge in [0, 0.05) is 10.0 Å². The van der Waals surface area contributed by atoms with Crippen molar-refractivity contribution < 1.29 is 5.11 Å². The number of anilines is 1. The number of rotatable bonds is 3. The Kier molecular flexibility index (Phi) is 4.38. The molecule has 2 N–H and O–H groups in total. The van der Waals surface area contributed by atoms with Crippen LogP contribution in [0.3, 0.4) is 0 Å². The first kappa shape index (κ1) is 13.1. The topological polar surface area (TPSA) is 44.6 Å². The third-order valence-corrected chi connectivity index (χ3v) is 3.29. The predicted molar refractivity (Wildman–Crippen MR) is 81.2 cm³/mol. The molecule has 0 bridgehead atoms. The molecule has 0 spiro atoms. The number of halogens is 2. The summed E-state index contributed by atoms with van der Waals surface area (Å²) in [7, 11) is 0. The fraction of sp³-hybridized carbons (Fsp3) is 0. The number of hydrogen-bond acceptors (Lipinski definition) is 3. The fourth-order valence-electron chi connectivity index (χ4n) is 1.37. The van der Waals surface area contributed by atoms with Gasteiger partial charge in [0.2, 0.25) is 0 Å². The number of phenolic OH excluding ortho intramolecular Hbond substituents is 1. The molecule has 0 saturated carbocycles. The summed E-state index contributed by atoms with van der Waals surface area (Å²) in [4.78, 5) is 0. The normalized spacial score (nSPS) is 10.8. The highest BCUT2D eigenvalue weighted by Gasteiger charge is 2.04. The van der Waals surface area contributed by atoms with Gasteiger partial charge in [-0.25, -0.2) is 0 Å². The molecule has 0 heterocycles. The number of aromatic hydroxyl groups is 1. The number of phenols is 1. The molecule has 0 radical (unpaired) electrons. The van der Waals surface area contributed by atoms with Crippen molar-refractivity contribution in [2.45, 2.75) is 0 Å². The summed E-state index contributed by atoms with van der Waals surface area (Å²) in [6.45, 7) is 0. The number of nitrogens with one attached hydrogen (secondary N) is 1. The maximum absolute atomic E-state index is 9.83. The Labute approximate surface area is 122 Å². The zero-order chi connectivity index (χ0) is 13.0. The molecule has 2 rings (SSSR count). The van der Waals surface area contributed by atoms with Gasteiger partial charge >= 0.3 is 0 Å². The lowest BCUT2D eigenvalue weighted by molar-refractivity contribution is 0.471. The summed E-state index contributed by atoms with van der Waals surface area (Å²) in [6.07, 6.45) is 1.57. The summed E-state index contributed by atoms with van der Waals surface area (Å²) in [5.41, 5.74) is 4.40. The first-order valence-corrected chi connectivity index (χ1v) is 6.77. The lowest BCUT2D eigenvalue weighted by Crippen LogP contribution is -1.91. The van der Waals surface area contributed by atoms with E-state index in [-0.39, 0.29) is 5.75 Å². The number of benzene rings is 2. The van der Waals surface area contributed by atoms with Crippen LogP contribution in [0.5, 0.6) is 5.75 Å². The molecule has 0 aliphatic heterocycles. The average Bonchev–Trinajstić information content (AvgIpc) is 2.36. The van der Waals surface area contributed by atoms with E-state index in [1.165, 1.54) is 0 Å². The molecule has 0 saturated heterocycles. The molecule has 0 aliphatic rings. The van der Waals surface area contributed by atoms with E-state index in [1.807, 2.05) is 30.3 Å². The van der Waals surface area contributed by atoms with E-state index in [1.54, 1.807) is 18.3 Å². The van der Waals surface area contributed by atoms with Crippen LogP contribution < -0.4 is 5.43 Å². The van der Waals surface area contributed by atoms with Crippen molar-refractivity contribution in [1.29, 1.82) is 0 Å². The van der Waals surface area contributed by atoms with E-state index in [0.29, 0.717) is 10.0 Å². The Morgan fingerprint density at radius 3 is 2.56 bits per heavy atom.